The van der Waals surface area contributed by atoms with E-state index < -0.39 is 17.0 Å². The van der Waals surface area contributed by atoms with Crippen molar-refractivity contribution in [3.05, 3.63) is 143 Å². The van der Waals surface area contributed by atoms with E-state index in [1.807, 2.05) is 91.0 Å². The molecule has 5 aromatic rings. The molecule has 0 aliphatic heterocycles. The van der Waals surface area contributed by atoms with Crippen LogP contribution in [-0.2, 0) is 33.5 Å². The molecule has 2 unspecified atom stereocenters. The summed E-state index contributed by atoms with van der Waals surface area (Å²) in [7, 11) is 1.41. The fourth-order valence-electron chi connectivity index (χ4n) is 6.36. The van der Waals surface area contributed by atoms with Crippen molar-refractivity contribution in [2.45, 2.75) is 30.4 Å². The van der Waals surface area contributed by atoms with E-state index in [-0.39, 0.29) is 0 Å². The molecule has 1 aromatic heterocycles. The lowest BCUT2D eigenvalue weighted by Crippen LogP contribution is -2.58. The summed E-state index contributed by atoms with van der Waals surface area (Å²) in [6, 6.07) is 37.7. The second-order valence-electron chi connectivity index (χ2n) is 9.74. The summed E-state index contributed by atoms with van der Waals surface area (Å²) >= 11 is 0. The number of methoxy groups -OCH3 is 1. The molecule has 1 aliphatic carbocycles. The molecule has 0 saturated heterocycles. The van der Waals surface area contributed by atoms with Gasteiger partial charge in [-0.2, -0.15) is 0 Å². The Morgan fingerprint density at radius 2 is 1.38 bits per heavy atom. The third kappa shape index (κ3) is 3.36. The van der Waals surface area contributed by atoms with Crippen LogP contribution in [0.4, 0.5) is 0 Å². The van der Waals surface area contributed by atoms with Crippen molar-refractivity contribution in [1.29, 1.82) is 0 Å². The minimum absolute atomic E-state index is 0.374. The van der Waals surface area contributed by atoms with E-state index in [0.717, 1.165) is 27.7 Å². The maximum absolute atomic E-state index is 14.3. The van der Waals surface area contributed by atoms with Crippen molar-refractivity contribution >= 4 is 16.9 Å². The Morgan fingerprint density at radius 1 is 0.811 bits per heavy atom. The Bertz CT molecular complexity index is 1560. The molecule has 1 aliphatic rings. The summed E-state index contributed by atoms with van der Waals surface area (Å²) in [5.74, 6) is -0.464. The first kappa shape index (κ1) is 23.3. The summed E-state index contributed by atoms with van der Waals surface area (Å²) in [6.45, 7) is 0.673. The first-order valence-corrected chi connectivity index (χ1v) is 12.7. The first-order valence-electron chi connectivity index (χ1n) is 12.7. The molecule has 0 amide bonds. The highest BCUT2D eigenvalue weighted by Gasteiger charge is 2.63. The monoisotopic (exact) mass is 487 g/mol. The molecule has 6 rings (SSSR count). The van der Waals surface area contributed by atoms with Gasteiger partial charge in [0, 0.05) is 28.7 Å². The Labute approximate surface area is 216 Å². The van der Waals surface area contributed by atoms with Gasteiger partial charge in [0.25, 0.3) is 0 Å². The minimum Gasteiger partial charge on any atom is -0.468 e. The van der Waals surface area contributed by atoms with Gasteiger partial charge in [-0.1, -0.05) is 109 Å². The van der Waals surface area contributed by atoms with Crippen LogP contribution in [0.3, 0.4) is 0 Å². The summed E-state index contributed by atoms with van der Waals surface area (Å²) in [4.78, 5) is 14.3. The third-order valence-electron chi connectivity index (χ3n) is 7.93. The Hall–Kier alpha value is -4.15. The zero-order valence-corrected chi connectivity index (χ0v) is 20.8. The van der Waals surface area contributed by atoms with Crippen LogP contribution in [0.15, 0.2) is 115 Å². The van der Waals surface area contributed by atoms with E-state index in [4.69, 9.17) is 4.74 Å². The molecule has 1 heterocycles. The van der Waals surface area contributed by atoms with Gasteiger partial charge in [0.15, 0.2) is 5.41 Å². The largest absolute Gasteiger partial charge is 0.468 e. The van der Waals surface area contributed by atoms with Crippen molar-refractivity contribution in [1.82, 2.24) is 4.57 Å². The van der Waals surface area contributed by atoms with Crippen molar-refractivity contribution in [3.63, 3.8) is 0 Å². The van der Waals surface area contributed by atoms with Crippen LogP contribution in [0.25, 0.3) is 10.9 Å². The highest BCUT2D eigenvalue weighted by Crippen LogP contribution is 2.57. The van der Waals surface area contributed by atoms with Crippen LogP contribution in [0, 0.1) is 0 Å². The van der Waals surface area contributed by atoms with E-state index in [0.29, 0.717) is 24.9 Å². The number of esters is 1. The number of ether oxygens (including phenoxy) is 1. The molecule has 184 valence electrons. The summed E-state index contributed by atoms with van der Waals surface area (Å²) < 4.78 is 7.90. The van der Waals surface area contributed by atoms with Gasteiger partial charge in [0.2, 0.25) is 0 Å². The van der Waals surface area contributed by atoms with Crippen molar-refractivity contribution in [2.24, 2.45) is 0 Å². The molecular weight excluding hydrogens is 458 g/mol. The number of nitrogens with zero attached hydrogens (tertiary/aromatic N) is 1. The molecule has 0 bridgehead atoms. The lowest BCUT2D eigenvalue weighted by Gasteiger charge is -2.49. The molecule has 0 fully saturated rings. The van der Waals surface area contributed by atoms with Gasteiger partial charge in [0.1, 0.15) is 5.60 Å². The van der Waals surface area contributed by atoms with Crippen LogP contribution in [0.2, 0.25) is 0 Å². The van der Waals surface area contributed by atoms with Gasteiger partial charge in [0.05, 0.1) is 7.11 Å². The second kappa shape index (κ2) is 9.06. The lowest BCUT2D eigenvalue weighted by molar-refractivity contribution is -0.160. The topological polar surface area (TPSA) is 51.5 Å². The predicted molar refractivity (Wildman–Crippen MR) is 145 cm³/mol. The van der Waals surface area contributed by atoms with Crippen molar-refractivity contribution in [3.8, 4) is 0 Å². The average molecular weight is 488 g/mol. The molecule has 0 spiro atoms. The number of benzene rings is 4. The fraction of sp³-hybridized carbons (Fsp3) is 0.182. The van der Waals surface area contributed by atoms with Gasteiger partial charge < -0.3 is 14.4 Å². The molecular formula is C33H29NO3. The van der Waals surface area contributed by atoms with Gasteiger partial charge in [-0.3, -0.25) is 4.79 Å². The zero-order valence-electron chi connectivity index (χ0n) is 20.8. The maximum atomic E-state index is 14.3. The van der Waals surface area contributed by atoms with E-state index >= 15 is 0 Å². The number of aliphatic hydroxyl groups is 1. The third-order valence-corrected chi connectivity index (χ3v) is 7.93. The fourth-order valence-corrected chi connectivity index (χ4v) is 6.36. The minimum atomic E-state index is -1.52. The SMILES string of the molecule is COC(=O)C1(c2ccccc2)c2c(n(Cc3ccccc3)c3ccccc23)CCC1(O)c1ccccc1. The van der Waals surface area contributed by atoms with Gasteiger partial charge >= 0.3 is 5.97 Å². The molecule has 2 atom stereocenters. The number of aromatic nitrogens is 1. The summed E-state index contributed by atoms with van der Waals surface area (Å²) in [6.07, 6.45) is 0.993. The Balaban J connectivity index is 1.75. The Kier molecular flexibility index (Phi) is 5.69. The van der Waals surface area contributed by atoms with Crippen LogP contribution in [0.1, 0.15) is 34.4 Å². The molecule has 0 radical (unpaired) electrons. The number of carbonyl (C=O) groups is 1. The van der Waals surface area contributed by atoms with Gasteiger partial charge in [-0.25, -0.2) is 0 Å². The van der Waals surface area contributed by atoms with Crippen LogP contribution in [-0.4, -0.2) is 22.8 Å². The zero-order chi connectivity index (χ0) is 25.5. The number of fused-ring (bicyclic) bond motifs is 3. The van der Waals surface area contributed by atoms with E-state index in [1.54, 1.807) is 0 Å². The van der Waals surface area contributed by atoms with E-state index in [9.17, 15) is 9.90 Å². The molecule has 4 nitrogen and oxygen atoms in total. The predicted octanol–water partition coefficient (Wildman–Crippen LogP) is 5.98. The standard InChI is InChI=1S/C33H29NO3/c1-37-31(35)33(26-17-9-4-10-18-26)30-27-19-11-12-20-28(27)34(23-24-13-5-2-6-14-24)29(30)21-22-32(33,36)25-15-7-3-8-16-25/h2-20,36H,21-23H2,1H3. The van der Waals surface area contributed by atoms with Crippen LogP contribution >= 0.6 is 0 Å². The Morgan fingerprint density at radius 3 is 2.03 bits per heavy atom. The van der Waals surface area contributed by atoms with E-state index in [2.05, 4.69) is 28.8 Å². The number of carbonyl (C=O) groups excluding carboxylic acids is 1. The number of para-hydroxylation sites is 1. The van der Waals surface area contributed by atoms with Crippen molar-refractivity contribution in [2.75, 3.05) is 7.11 Å². The second-order valence-corrected chi connectivity index (χ2v) is 9.74. The number of hydrogen-bond donors (Lipinski definition) is 1. The normalized spacial score (nSPS) is 20.9. The summed E-state index contributed by atoms with van der Waals surface area (Å²) in [5.41, 5.74) is 2.55. The smallest absolute Gasteiger partial charge is 0.324 e. The number of hydrogen-bond acceptors (Lipinski definition) is 3. The van der Waals surface area contributed by atoms with E-state index in [1.165, 1.54) is 12.7 Å². The lowest BCUT2D eigenvalue weighted by atomic mass is 9.55. The quantitative estimate of drug-likeness (QED) is 0.310. The summed E-state index contributed by atoms with van der Waals surface area (Å²) in [5, 5.41) is 13.8. The highest BCUT2D eigenvalue weighted by molar-refractivity contribution is 5.99. The molecule has 4 heteroatoms. The van der Waals surface area contributed by atoms with Crippen molar-refractivity contribution < 1.29 is 14.6 Å². The number of rotatable bonds is 5. The maximum Gasteiger partial charge on any atom is 0.324 e. The molecule has 4 aromatic carbocycles. The van der Waals surface area contributed by atoms with Gasteiger partial charge in [-0.05, 0) is 35.6 Å². The van der Waals surface area contributed by atoms with Crippen LogP contribution < -0.4 is 0 Å². The molecule has 1 N–H and O–H groups in total. The first-order chi connectivity index (χ1) is 18.1. The average Bonchev–Trinajstić information content (AvgIpc) is 3.28. The van der Waals surface area contributed by atoms with Crippen LogP contribution in [0.5, 0.6) is 0 Å². The highest BCUT2D eigenvalue weighted by atomic mass is 16.5. The van der Waals surface area contributed by atoms with Gasteiger partial charge in [-0.15, -0.1) is 0 Å². The molecule has 0 saturated carbocycles. The molecule has 37 heavy (non-hydrogen) atoms.